The van der Waals surface area contributed by atoms with Crippen molar-refractivity contribution in [3.05, 3.63) is 36.0 Å². The van der Waals surface area contributed by atoms with Crippen LogP contribution in [0.5, 0.6) is 0 Å². The highest BCUT2D eigenvalue weighted by Crippen LogP contribution is 2.36. The number of epoxide rings is 1. The summed E-state index contributed by atoms with van der Waals surface area (Å²) in [6, 6.07) is 0. The molecule has 1 saturated heterocycles. The van der Waals surface area contributed by atoms with Crippen molar-refractivity contribution in [2.45, 2.75) is 123 Å². The van der Waals surface area contributed by atoms with Gasteiger partial charge in [-0.05, 0) is 50.2 Å². The summed E-state index contributed by atoms with van der Waals surface area (Å²) in [6.45, 7) is 11.7. The summed E-state index contributed by atoms with van der Waals surface area (Å²) >= 11 is 0. The molecule has 10 unspecified atom stereocenters. The molecule has 0 aliphatic carbocycles. The van der Waals surface area contributed by atoms with E-state index in [0.29, 0.717) is 6.42 Å². The van der Waals surface area contributed by atoms with Crippen LogP contribution in [0.1, 0.15) is 80.6 Å². The SMILES string of the molecule is CCC(O)C(C)C1OC1CC(C)/C=C/C=C(\C)C1OC(=O)CC(O)CCC(O)(COC(C)=O)C(OC(C)=O)/C=C/C1C. The monoisotopic (exact) mass is 594 g/mol. The molecule has 2 aliphatic heterocycles. The fourth-order valence-electron chi connectivity index (χ4n) is 5.26. The van der Waals surface area contributed by atoms with Crippen LogP contribution in [0.2, 0.25) is 0 Å². The first-order valence-electron chi connectivity index (χ1n) is 14.9. The second kappa shape index (κ2) is 16.4. The maximum atomic E-state index is 12.7. The van der Waals surface area contributed by atoms with E-state index in [2.05, 4.69) is 13.0 Å². The van der Waals surface area contributed by atoms with Crippen LogP contribution in [0.4, 0.5) is 0 Å². The van der Waals surface area contributed by atoms with E-state index >= 15 is 0 Å². The molecule has 0 saturated carbocycles. The largest absolute Gasteiger partial charge is 0.463 e. The molecule has 0 amide bonds. The van der Waals surface area contributed by atoms with Crippen molar-refractivity contribution < 1.29 is 48.7 Å². The summed E-state index contributed by atoms with van der Waals surface area (Å²) in [4.78, 5) is 36.1. The van der Waals surface area contributed by atoms with Gasteiger partial charge in [-0.1, -0.05) is 52.0 Å². The lowest BCUT2D eigenvalue weighted by atomic mass is 9.87. The summed E-state index contributed by atoms with van der Waals surface area (Å²) < 4.78 is 22.1. The van der Waals surface area contributed by atoms with Gasteiger partial charge in [-0.3, -0.25) is 14.4 Å². The molecule has 10 atom stereocenters. The zero-order chi connectivity index (χ0) is 31.6. The molecule has 0 radical (unpaired) electrons. The van der Waals surface area contributed by atoms with Gasteiger partial charge in [0.05, 0.1) is 30.8 Å². The zero-order valence-corrected chi connectivity index (χ0v) is 26.0. The first-order valence-corrected chi connectivity index (χ1v) is 14.9. The topological polar surface area (TPSA) is 152 Å². The first-order chi connectivity index (χ1) is 19.7. The third-order valence-electron chi connectivity index (χ3n) is 8.00. The van der Waals surface area contributed by atoms with Crippen molar-refractivity contribution in [2.24, 2.45) is 17.8 Å². The number of ether oxygens (including phenoxy) is 4. The first kappa shape index (κ1) is 35.7. The molecule has 238 valence electrons. The lowest BCUT2D eigenvalue weighted by molar-refractivity contribution is -0.171. The Morgan fingerprint density at radius 3 is 2.50 bits per heavy atom. The van der Waals surface area contributed by atoms with Gasteiger partial charge in [0.15, 0.2) is 6.10 Å². The molecular formula is C32H50O10. The molecule has 2 rings (SSSR count). The maximum absolute atomic E-state index is 12.7. The number of carbonyl (C=O) groups excluding carboxylic acids is 3. The van der Waals surface area contributed by atoms with Crippen molar-refractivity contribution in [1.29, 1.82) is 0 Å². The number of esters is 3. The van der Waals surface area contributed by atoms with E-state index in [1.54, 1.807) is 6.08 Å². The van der Waals surface area contributed by atoms with Crippen LogP contribution >= 0.6 is 0 Å². The van der Waals surface area contributed by atoms with E-state index in [1.807, 2.05) is 39.8 Å². The third-order valence-corrected chi connectivity index (χ3v) is 8.00. The number of aliphatic hydroxyl groups excluding tert-OH is 2. The Morgan fingerprint density at radius 2 is 1.88 bits per heavy atom. The summed E-state index contributed by atoms with van der Waals surface area (Å²) in [7, 11) is 0. The van der Waals surface area contributed by atoms with Gasteiger partial charge in [0.25, 0.3) is 0 Å². The van der Waals surface area contributed by atoms with E-state index < -0.39 is 54.3 Å². The van der Waals surface area contributed by atoms with E-state index in [0.717, 1.165) is 12.0 Å². The average molecular weight is 595 g/mol. The van der Waals surface area contributed by atoms with Crippen LogP contribution in [0.15, 0.2) is 36.0 Å². The van der Waals surface area contributed by atoms with Crippen molar-refractivity contribution in [3.8, 4) is 0 Å². The molecule has 0 bridgehead atoms. The average Bonchev–Trinajstić information content (AvgIpc) is 3.68. The van der Waals surface area contributed by atoms with Crippen LogP contribution in [-0.2, 0) is 33.3 Å². The Morgan fingerprint density at radius 1 is 1.19 bits per heavy atom. The smallest absolute Gasteiger partial charge is 0.309 e. The molecule has 0 aromatic rings. The van der Waals surface area contributed by atoms with E-state index in [1.165, 1.54) is 19.9 Å². The highest BCUT2D eigenvalue weighted by Gasteiger charge is 2.45. The third kappa shape index (κ3) is 11.3. The Labute approximate surface area is 249 Å². The Bertz CT molecular complexity index is 1000. The van der Waals surface area contributed by atoms with E-state index in [-0.39, 0.29) is 49.4 Å². The number of allylic oxidation sites excluding steroid dienone is 3. The molecule has 10 heteroatoms. The van der Waals surface area contributed by atoms with Gasteiger partial charge < -0.3 is 34.3 Å². The summed E-state index contributed by atoms with van der Waals surface area (Å²) in [5, 5.41) is 32.0. The highest BCUT2D eigenvalue weighted by molar-refractivity contribution is 5.70. The van der Waals surface area contributed by atoms with Gasteiger partial charge in [0, 0.05) is 25.7 Å². The summed E-state index contributed by atoms with van der Waals surface area (Å²) in [5.74, 6) is -1.91. The molecule has 1 fully saturated rings. The maximum Gasteiger partial charge on any atom is 0.309 e. The Kier molecular flexibility index (Phi) is 13.9. The predicted molar refractivity (Wildman–Crippen MR) is 156 cm³/mol. The molecule has 10 nitrogen and oxygen atoms in total. The van der Waals surface area contributed by atoms with Gasteiger partial charge in [0.1, 0.15) is 18.3 Å². The molecule has 0 spiro atoms. The molecule has 2 heterocycles. The molecule has 0 aromatic carbocycles. The van der Waals surface area contributed by atoms with Gasteiger partial charge in [-0.25, -0.2) is 0 Å². The molecule has 0 aromatic heterocycles. The van der Waals surface area contributed by atoms with Crippen LogP contribution < -0.4 is 0 Å². The quantitative estimate of drug-likeness (QED) is 0.106. The van der Waals surface area contributed by atoms with Crippen molar-refractivity contribution in [2.75, 3.05) is 6.61 Å². The number of carbonyl (C=O) groups is 3. The van der Waals surface area contributed by atoms with Gasteiger partial charge in [-0.15, -0.1) is 0 Å². The minimum absolute atomic E-state index is 0.0180. The number of hydrogen-bond donors (Lipinski definition) is 3. The number of aliphatic hydroxyl groups is 3. The van der Waals surface area contributed by atoms with Crippen LogP contribution in [-0.4, -0.2) is 82.1 Å². The second-order valence-electron chi connectivity index (χ2n) is 11.9. The Balaban J connectivity index is 2.21. The van der Waals surface area contributed by atoms with Crippen LogP contribution in [0.3, 0.4) is 0 Å². The zero-order valence-electron chi connectivity index (χ0n) is 26.0. The minimum Gasteiger partial charge on any atom is -0.463 e. The molecule has 3 N–H and O–H groups in total. The molecular weight excluding hydrogens is 544 g/mol. The predicted octanol–water partition coefficient (Wildman–Crippen LogP) is 3.56. The van der Waals surface area contributed by atoms with Crippen molar-refractivity contribution >= 4 is 17.9 Å². The van der Waals surface area contributed by atoms with Gasteiger partial charge >= 0.3 is 17.9 Å². The standard InChI is InChI=1S/C32H50O10/c1-8-26(36)22(5)31-27(41-31)16-19(2)10-9-11-20(3)30-21(4)12-13-28(40-24(7)34)32(38,18-39-23(6)33)15-14-25(35)17-29(37)42-30/h9-13,19,21-22,25-28,30-31,35-36,38H,8,14-18H2,1-7H3/b10-9+,13-12+,20-11+. The molecule has 2 aliphatic rings. The molecule has 42 heavy (non-hydrogen) atoms. The van der Waals surface area contributed by atoms with Gasteiger partial charge in [-0.2, -0.15) is 0 Å². The lowest BCUT2D eigenvalue weighted by Crippen LogP contribution is -2.49. The normalized spacial score (nSPS) is 33.9. The fourth-order valence-corrected chi connectivity index (χ4v) is 5.26. The second-order valence-corrected chi connectivity index (χ2v) is 11.9. The van der Waals surface area contributed by atoms with Gasteiger partial charge in [0.2, 0.25) is 0 Å². The van der Waals surface area contributed by atoms with E-state index in [4.69, 9.17) is 18.9 Å². The van der Waals surface area contributed by atoms with Crippen molar-refractivity contribution in [1.82, 2.24) is 0 Å². The number of hydrogen-bond acceptors (Lipinski definition) is 10. The fraction of sp³-hybridized carbons (Fsp3) is 0.719. The summed E-state index contributed by atoms with van der Waals surface area (Å²) in [5.41, 5.74) is -1.05. The van der Waals surface area contributed by atoms with E-state index in [9.17, 15) is 29.7 Å². The van der Waals surface area contributed by atoms with Crippen molar-refractivity contribution in [3.63, 3.8) is 0 Å². The van der Waals surface area contributed by atoms with Crippen LogP contribution in [0, 0.1) is 17.8 Å². The lowest BCUT2D eigenvalue weighted by Gasteiger charge is -2.34. The minimum atomic E-state index is -1.81. The Hall–Kier alpha value is -2.53. The summed E-state index contributed by atoms with van der Waals surface area (Å²) in [6.07, 6.45) is 7.03. The van der Waals surface area contributed by atoms with Crippen LogP contribution in [0.25, 0.3) is 0 Å². The number of cyclic esters (lactones) is 1. The number of rotatable bonds is 11. The highest BCUT2D eigenvalue weighted by atomic mass is 16.6.